The van der Waals surface area contributed by atoms with E-state index in [0.29, 0.717) is 0 Å². The lowest BCUT2D eigenvalue weighted by Gasteiger charge is -2.19. The van der Waals surface area contributed by atoms with Gasteiger partial charge in [-0.05, 0) is 18.4 Å². The number of rotatable bonds is 6. The van der Waals surface area contributed by atoms with E-state index < -0.39 is 0 Å². The summed E-state index contributed by atoms with van der Waals surface area (Å²) >= 11 is 0. The van der Waals surface area contributed by atoms with Gasteiger partial charge in [-0.3, -0.25) is 0 Å². The van der Waals surface area contributed by atoms with Crippen LogP contribution >= 0.6 is 0 Å². The SMILES string of the molecule is C=CCCC(c1ccccc1)C(C#N)C=C. The Bertz CT molecular complexity index is 372. The Morgan fingerprint density at radius 1 is 1.25 bits per heavy atom. The van der Waals surface area contributed by atoms with Gasteiger partial charge >= 0.3 is 0 Å². The zero-order valence-electron chi connectivity index (χ0n) is 9.47. The average Bonchev–Trinajstić information content (AvgIpc) is 2.35. The minimum atomic E-state index is -0.123. The minimum Gasteiger partial charge on any atom is -0.198 e. The van der Waals surface area contributed by atoms with Gasteiger partial charge in [0.15, 0.2) is 0 Å². The smallest absolute Gasteiger partial charge is 0.0709 e. The third-order valence-corrected chi connectivity index (χ3v) is 2.75. The predicted molar refractivity (Wildman–Crippen MR) is 67.9 cm³/mol. The Morgan fingerprint density at radius 3 is 2.44 bits per heavy atom. The van der Waals surface area contributed by atoms with Gasteiger partial charge in [0.05, 0.1) is 12.0 Å². The Hall–Kier alpha value is -1.81. The minimum absolute atomic E-state index is 0.123. The molecule has 0 bridgehead atoms. The lowest BCUT2D eigenvalue weighted by Crippen LogP contribution is -2.08. The second-order valence-corrected chi connectivity index (χ2v) is 3.77. The maximum Gasteiger partial charge on any atom is 0.0709 e. The number of hydrogen-bond donors (Lipinski definition) is 0. The highest BCUT2D eigenvalue weighted by molar-refractivity contribution is 5.24. The molecule has 1 aromatic carbocycles. The lowest BCUT2D eigenvalue weighted by atomic mass is 9.83. The number of nitrogens with zero attached hydrogens (tertiary/aromatic N) is 1. The van der Waals surface area contributed by atoms with Crippen molar-refractivity contribution in [1.29, 1.82) is 5.26 Å². The molecule has 0 saturated heterocycles. The first-order valence-electron chi connectivity index (χ1n) is 5.51. The first-order valence-corrected chi connectivity index (χ1v) is 5.51. The van der Waals surface area contributed by atoms with E-state index in [9.17, 15) is 0 Å². The van der Waals surface area contributed by atoms with Crippen molar-refractivity contribution in [2.24, 2.45) is 5.92 Å². The molecule has 0 aliphatic carbocycles. The molecule has 1 aromatic rings. The van der Waals surface area contributed by atoms with Crippen LogP contribution in [-0.4, -0.2) is 0 Å². The summed E-state index contributed by atoms with van der Waals surface area (Å²) in [6.45, 7) is 7.47. The van der Waals surface area contributed by atoms with E-state index in [2.05, 4.69) is 31.4 Å². The van der Waals surface area contributed by atoms with Crippen LogP contribution in [0.5, 0.6) is 0 Å². The molecule has 0 amide bonds. The maximum absolute atomic E-state index is 9.11. The second kappa shape index (κ2) is 6.63. The summed E-state index contributed by atoms with van der Waals surface area (Å²) in [4.78, 5) is 0. The van der Waals surface area contributed by atoms with Gasteiger partial charge in [0.1, 0.15) is 0 Å². The van der Waals surface area contributed by atoms with Gasteiger partial charge in [0, 0.05) is 5.92 Å². The van der Waals surface area contributed by atoms with E-state index in [-0.39, 0.29) is 11.8 Å². The van der Waals surface area contributed by atoms with Crippen molar-refractivity contribution in [3.63, 3.8) is 0 Å². The van der Waals surface area contributed by atoms with Crippen LogP contribution in [0.2, 0.25) is 0 Å². The summed E-state index contributed by atoms with van der Waals surface area (Å²) in [6, 6.07) is 12.5. The molecule has 0 aliphatic heterocycles. The lowest BCUT2D eigenvalue weighted by molar-refractivity contribution is 0.562. The maximum atomic E-state index is 9.11. The van der Waals surface area contributed by atoms with Gasteiger partial charge < -0.3 is 0 Å². The molecule has 2 atom stereocenters. The van der Waals surface area contributed by atoms with Crippen LogP contribution in [0, 0.1) is 17.2 Å². The van der Waals surface area contributed by atoms with Gasteiger partial charge in [-0.15, -0.1) is 13.2 Å². The van der Waals surface area contributed by atoms with Crippen LogP contribution in [0.3, 0.4) is 0 Å². The van der Waals surface area contributed by atoms with Crippen molar-refractivity contribution < 1.29 is 0 Å². The topological polar surface area (TPSA) is 23.8 Å². The van der Waals surface area contributed by atoms with Crippen molar-refractivity contribution in [2.75, 3.05) is 0 Å². The summed E-state index contributed by atoms with van der Waals surface area (Å²) in [5.74, 6) is 0.101. The van der Waals surface area contributed by atoms with E-state index in [0.717, 1.165) is 12.8 Å². The second-order valence-electron chi connectivity index (χ2n) is 3.77. The molecule has 0 fully saturated rings. The summed E-state index contributed by atoms with van der Waals surface area (Å²) in [5, 5.41) is 9.11. The highest BCUT2D eigenvalue weighted by Gasteiger charge is 2.19. The molecule has 1 rings (SSSR count). The quantitative estimate of drug-likeness (QED) is 0.651. The molecular weight excluding hydrogens is 194 g/mol. The highest BCUT2D eigenvalue weighted by Crippen LogP contribution is 2.29. The fraction of sp³-hybridized carbons (Fsp3) is 0.267. The Balaban J connectivity index is 2.91. The number of allylic oxidation sites excluding steroid dienone is 2. The average molecular weight is 211 g/mol. The predicted octanol–water partition coefficient (Wildman–Crippen LogP) is 4.06. The first-order chi connectivity index (χ1) is 7.83. The molecule has 0 N–H and O–H groups in total. The molecule has 2 unspecified atom stereocenters. The molecule has 0 spiro atoms. The zero-order chi connectivity index (χ0) is 11.8. The van der Waals surface area contributed by atoms with Crippen LogP contribution in [-0.2, 0) is 0 Å². The monoisotopic (exact) mass is 211 g/mol. The molecule has 16 heavy (non-hydrogen) atoms. The summed E-state index contributed by atoms with van der Waals surface area (Å²) in [5.41, 5.74) is 1.20. The van der Waals surface area contributed by atoms with Gasteiger partial charge in [0.25, 0.3) is 0 Å². The molecule has 0 saturated carbocycles. The van der Waals surface area contributed by atoms with Crippen LogP contribution in [0.4, 0.5) is 0 Å². The Labute approximate surface area is 97.7 Å². The van der Waals surface area contributed by atoms with Crippen molar-refractivity contribution in [1.82, 2.24) is 0 Å². The third kappa shape index (κ3) is 3.10. The standard InChI is InChI=1S/C15H17N/c1-3-5-11-15(13(4-2)12-16)14-9-7-6-8-10-14/h3-4,6-10,13,15H,1-2,5,11H2. The molecule has 1 nitrogen and oxygen atoms in total. The van der Waals surface area contributed by atoms with Gasteiger partial charge in [-0.1, -0.05) is 42.5 Å². The molecule has 0 aliphatic rings. The van der Waals surface area contributed by atoms with Gasteiger partial charge in [-0.2, -0.15) is 5.26 Å². The van der Waals surface area contributed by atoms with Crippen molar-refractivity contribution >= 4 is 0 Å². The van der Waals surface area contributed by atoms with Gasteiger partial charge in [-0.25, -0.2) is 0 Å². The highest BCUT2D eigenvalue weighted by atomic mass is 14.3. The van der Waals surface area contributed by atoms with Crippen LogP contribution in [0.25, 0.3) is 0 Å². The Kier molecular flexibility index (Phi) is 5.08. The van der Waals surface area contributed by atoms with E-state index in [1.165, 1.54) is 5.56 Å². The van der Waals surface area contributed by atoms with E-state index in [1.54, 1.807) is 6.08 Å². The zero-order valence-corrected chi connectivity index (χ0v) is 9.47. The molecular formula is C15H17N. The van der Waals surface area contributed by atoms with Crippen molar-refractivity contribution in [3.8, 4) is 6.07 Å². The van der Waals surface area contributed by atoms with Crippen molar-refractivity contribution in [3.05, 3.63) is 61.2 Å². The fourth-order valence-corrected chi connectivity index (χ4v) is 1.86. The van der Waals surface area contributed by atoms with E-state index in [4.69, 9.17) is 5.26 Å². The van der Waals surface area contributed by atoms with E-state index in [1.807, 2.05) is 24.3 Å². The normalized spacial score (nSPS) is 13.4. The largest absolute Gasteiger partial charge is 0.198 e. The Morgan fingerprint density at radius 2 is 1.94 bits per heavy atom. The number of nitriles is 1. The summed E-state index contributed by atoms with van der Waals surface area (Å²) in [7, 11) is 0. The molecule has 0 heterocycles. The van der Waals surface area contributed by atoms with Crippen molar-refractivity contribution in [2.45, 2.75) is 18.8 Å². The molecule has 0 radical (unpaired) electrons. The molecule has 82 valence electrons. The van der Waals surface area contributed by atoms with Gasteiger partial charge in [0.2, 0.25) is 0 Å². The third-order valence-electron chi connectivity index (χ3n) is 2.75. The summed E-state index contributed by atoms with van der Waals surface area (Å²) < 4.78 is 0. The summed E-state index contributed by atoms with van der Waals surface area (Å²) in [6.07, 6.45) is 5.50. The molecule has 0 aromatic heterocycles. The number of hydrogen-bond acceptors (Lipinski definition) is 1. The number of benzene rings is 1. The van der Waals surface area contributed by atoms with Crippen LogP contribution in [0.15, 0.2) is 55.6 Å². The van der Waals surface area contributed by atoms with Crippen LogP contribution < -0.4 is 0 Å². The first kappa shape index (κ1) is 12.3. The van der Waals surface area contributed by atoms with Crippen LogP contribution in [0.1, 0.15) is 24.3 Å². The van der Waals surface area contributed by atoms with E-state index >= 15 is 0 Å². The fourth-order valence-electron chi connectivity index (χ4n) is 1.86. The molecule has 1 heteroatoms.